The zero-order valence-electron chi connectivity index (χ0n) is 24.5. The molecule has 2 unspecified atom stereocenters. The fourth-order valence-electron chi connectivity index (χ4n) is 3.38. The van der Waals surface area contributed by atoms with E-state index in [9.17, 15) is 4.57 Å². The standard InChI is InChI=1S/2C10H14.C8H20N.C2H7O3P.6CH4.ClH/c2*1-3-9(2)10-7-5-4-6-8-10;1-5-9(6-2,7-3)8-4;1-2-6(3,4)5;;;;;;;/h2*4-9H,3H2,1-2H3;5-8H2,1-4H3;2H2,1H3,(H2,3,4,5);6*1H4;1H/q;;+1;;;;;;;;/p-1. The summed E-state index contributed by atoms with van der Waals surface area (Å²) in [6.07, 6.45) is 2.39. The van der Waals surface area contributed by atoms with Crippen LogP contribution in [0.5, 0.6) is 0 Å². The number of nitrogens with zero attached hydrogens (tertiary/aromatic N) is 1. The highest BCUT2D eigenvalue weighted by molar-refractivity contribution is 7.51. The lowest BCUT2D eigenvalue weighted by Crippen LogP contribution is -3.00. The number of halogens is 1. The molecule has 0 aromatic heterocycles. The number of quaternary nitrogens is 1. The van der Waals surface area contributed by atoms with Crippen LogP contribution >= 0.6 is 7.60 Å². The Hall–Kier alpha value is -1.16. The van der Waals surface area contributed by atoms with Crippen molar-refractivity contribution in [2.75, 3.05) is 32.3 Å². The van der Waals surface area contributed by atoms with Gasteiger partial charge in [-0.1, -0.05) is 140 Å². The second kappa shape index (κ2) is 37.9. The fourth-order valence-corrected chi connectivity index (χ4v) is 3.38. The van der Waals surface area contributed by atoms with Crippen LogP contribution in [-0.2, 0) is 4.57 Å². The molecule has 42 heavy (non-hydrogen) atoms. The molecule has 258 valence electrons. The van der Waals surface area contributed by atoms with Crippen molar-refractivity contribution < 1.29 is 31.2 Å². The van der Waals surface area contributed by atoms with Gasteiger partial charge in [-0.05, 0) is 63.5 Å². The molecule has 2 atom stereocenters. The van der Waals surface area contributed by atoms with Gasteiger partial charge in [0.1, 0.15) is 0 Å². The maximum atomic E-state index is 9.69. The van der Waals surface area contributed by atoms with Crippen LogP contribution in [0.2, 0.25) is 0 Å². The molecule has 0 aliphatic heterocycles. The Morgan fingerprint density at radius 1 is 0.571 bits per heavy atom. The molecule has 0 heterocycles. The predicted molar refractivity (Wildman–Crippen MR) is 196 cm³/mol. The summed E-state index contributed by atoms with van der Waals surface area (Å²) in [6, 6.07) is 21.3. The van der Waals surface area contributed by atoms with E-state index in [2.05, 4.69) is 116 Å². The summed E-state index contributed by atoms with van der Waals surface area (Å²) in [6.45, 7) is 24.6. The molecule has 2 aromatic rings. The lowest BCUT2D eigenvalue weighted by Gasteiger charge is -2.34. The van der Waals surface area contributed by atoms with E-state index >= 15 is 0 Å². The van der Waals surface area contributed by atoms with Crippen molar-refractivity contribution in [1.29, 1.82) is 0 Å². The molecule has 0 aliphatic carbocycles. The first-order valence-electron chi connectivity index (χ1n) is 13.5. The van der Waals surface area contributed by atoms with Crippen molar-refractivity contribution in [3.63, 3.8) is 0 Å². The van der Waals surface area contributed by atoms with Gasteiger partial charge in [0.2, 0.25) is 0 Å². The first-order chi connectivity index (χ1) is 16.5. The smallest absolute Gasteiger partial charge is 0.325 e. The van der Waals surface area contributed by atoms with Crippen LogP contribution in [0.15, 0.2) is 60.7 Å². The number of benzene rings is 2. The topological polar surface area (TPSA) is 57.5 Å². The van der Waals surface area contributed by atoms with E-state index in [1.807, 2.05) is 0 Å². The maximum absolute atomic E-state index is 9.69. The van der Waals surface area contributed by atoms with Gasteiger partial charge < -0.3 is 26.7 Å². The molecule has 2 rings (SSSR count). The van der Waals surface area contributed by atoms with Gasteiger partial charge >= 0.3 is 7.60 Å². The minimum Gasteiger partial charge on any atom is -1.00 e. The zero-order chi connectivity index (χ0) is 27.3. The molecular formula is C36H79ClNO3P. The highest BCUT2D eigenvalue weighted by atomic mass is 35.5. The quantitative estimate of drug-likeness (QED) is 0.212. The SMILES string of the molecule is C.C.C.C.C.C.CCC(C)c1ccccc1.CCC(C)c1ccccc1.CCP(=O)(O)O.CC[N+](CC)(CC)CC.[Cl-]. The van der Waals surface area contributed by atoms with Gasteiger partial charge in [0.15, 0.2) is 0 Å². The van der Waals surface area contributed by atoms with Crippen molar-refractivity contribution >= 4 is 7.60 Å². The Balaban J connectivity index is -0.0000000474. The van der Waals surface area contributed by atoms with Crippen molar-refractivity contribution in [2.24, 2.45) is 0 Å². The van der Waals surface area contributed by atoms with Crippen molar-refractivity contribution in [3.05, 3.63) is 71.8 Å². The molecule has 0 aliphatic rings. The van der Waals surface area contributed by atoms with E-state index in [1.165, 1.54) is 61.6 Å². The Labute approximate surface area is 273 Å². The van der Waals surface area contributed by atoms with Gasteiger partial charge in [-0.2, -0.15) is 0 Å². The molecule has 0 fully saturated rings. The van der Waals surface area contributed by atoms with Gasteiger partial charge in [0.25, 0.3) is 0 Å². The summed E-state index contributed by atoms with van der Waals surface area (Å²) in [5.74, 6) is 1.42. The zero-order valence-corrected chi connectivity index (χ0v) is 26.1. The van der Waals surface area contributed by atoms with Crippen molar-refractivity contribution in [1.82, 2.24) is 0 Å². The average molecular weight is 640 g/mol. The number of hydrogen-bond acceptors (Lipinski definition) is 1. The molecule has 0 bridgehead atoms. The Morgan fingerprint density at radius 2 is 0.786 bits per heavy atom. The molecule has 6 heteroatoms. The first kappa shape index (κ1) is 63.9. The third kappa shape index (κ3) is 31.8. The summed E-state index contributed by atoms with van der Waals surface area (Å²) in [7, 11) is -3.65. The minimum absolute atomic E-state index is 0. The third-order valence-corrected chi connectivity index (χ3v) is 7.88. The molecule has 2 aromatic carbocycles. The van der Waals surface area contributed by atoms with Crippen molar-refractivity contribution in [3.8, 4) is 0 Å². The molecular weight excluding hydrogens is 561 g/mol. The molecule has 2 N–H and O–H groups in total. The van der Waals surface area contributed by atoms with E-state index in [1.54, 1.807) is 0 Å². The summed E-state index contributed by atoms with van der Waals surface area (Å²) in [5, 5.41) is 0. The second-order valence-corrected chi connectivity index (χ2v) is 11.0. The molecule has 4 nitrogen and oxygen atoms in total. The van der Waals surface area contributed by atoms with Gasteiger partial charge in [0, 0.05) is 6.16 Å². The van der Waals surface area contributed by atoms with Gasteiger partial charge in [-0.25, -0.2) is 0 Å². The van der Waals surface area contributed by atoms with Crippen LogP contribution in [0, 0.1) is 0 Å². The summed E-state index contributed by atoms with van der Waals surface area (Å²) >= 11 is 0. The van der Waals surface area contributed by atoms with Crippen LogP contribution in [0.1, 0.15) is 143 Å². The van der Waals surface area contributed by atoms with Gasteiger partial charge in [0.05, 0.1) is 26.2 Å². The van der Waals surface area contributed by atoms with E-state index < -0.39 is 7.60 Å². The lowest BCUT2D eigenvalue weighted by molar-refractivity contribution is -0.921. The molecule has 0 amide bonds. The van der Waals surface area contributed by atoms with Gasteiger partial charge in [-0.15, -0.1) is 0 Å². The molecule has 0 saturated carbocycles. The largest absolute Gasteiger partial charge is 1.00 e. The minimum atomic E-state index is -3.65. The van der Waals surface area contributed by atoms with E-state index in [4.69, 9.17) is 9.79 Å². The third-order valence-electron chi connectivity index (χ3n) is 7.06. The van der Waals surface area contributed by atoms with E-state index in [0.29, 0.717) is 11.8 Å². The first-order valence-corrected chi connectivity index (χ1v) is 15.3. The number of rotatable bonds is 9. The van der Waals surface area contributed by atoms with Crippen LogP contribution in [0.4, 0.5) is 0 Å². The number of hydrogen-bond donors (Lipinski definition) is 2. The molecule has 0 radical (unpaired) electrons. The molecule has 0 saturated heterocycles. The Kier molecular flexibility index (Phi) is 57.6. The summed E-state index contributed by atoms with van der Waals surface area (Å²) < 4.78 is 11.0. The summed E-state index contributed by atoms with van der Waals surface area (Å²) in [4.78, 5) is 15.9. The predicted octanol–water partition coefficient (Wildman–Crippen LogP) is 9.29. The average Bonchev–Trinajstić information content (AvgIpc) is 2.91. The van der Waals surface area contributed by atoms with Crippen molar-refractivity contribution in [2.45, 2.75) is 132 Å². The lowest BCUT2D eigenvalue weighted by atomic mass is 9.99. The van der Waals surface area contributed by atoms with Crippen LogP contribution in [-0.4, -0.2) is 46.6 Å². The normalized spacial score (nSPS) is 10.5. The van der Waals surface area contributed by atoms with E-state index in [0.717, 1.165) is 0 Å². The highest BCUT2D eigenvalue weighted by Crippen LogP contribution is 2.32. The fraction of sp³-hybridized carbons (Fsp3) is 0.667. The van der Waals surface area contributed by atoms with Gasteiger partial charge in [-0.3, -0.25) is 4.57 Å². The second-order valence-electron chi connectivity index (χ2n) is 9.03. The summed E-state index contributed by atoms with van der Waals surface area (Å²) in [5.41, 5.74) is 2.90. The van der Waals surface area contributed by atoms with Crippen LogP contribution < -0.4 is 12.4 Å². The Morgan fingerprint density at radius 3 is 0.905 bits per heavy atom. The van der Waals surface area contributed by atoms with Crippen LogP contribution in [0.3, 0.4) is 0 Å². The van der Waals surface area contributed by atoms with E-state index in [-0.39, 0.29) is 63.1 Å². The van der Waals surface area contributed by atoms with Crippen LogP contribution in [0.25, 0.3) is 0 Å². The monoisotopic (exact) mass is 640 g/mol. The highest BCUT2D eigenvalue weighted by Gasteiger charge is 2.16. The molecule has 0 spiro atoms. The maximum Gasteiger partial charge on any atom is 0.325 e. The Bertz CT molecular complexity index is 703.